The maximum absolute atomic E-state index is 6.16. The standard InChI is InChI=1S/C10H8Cl2OS/c11-8(5-7-3-4-14-6-7)9-1-2-10(12)13-9/h1-4,6,8H,5H2. The molecule has 2 aromatic heterocycles. The highest BCUT2D eigenvalue weighted by atomic mass is 35.5. The van der Waals surface area contributed by atoms with Crippen LogP contribution in [0.1, 0.15) is 16.7 Å². The smallest absolute Gasteiger partial charge is 0.193 e. The van der Waals surface area contributed by atoms with Crippen molar-refractivity contribution in [1.29, 1.82) is 0 Å². The molecule has 2 aromatic rings. The van der Waals surface area contributed by atoms with Crippen molar-refractivity contribution in [3.63, 3.8) is 0 Å². The van der Waals surface area contributed by atoms with Crippen LogP contribution in [0.25, 0.3) is 0 Å². The lowest BCUT2D eigenvalue weighted by molar-refractivity contribution is 0.504. The Bertz CT molecular complexity index is 394. The van der Waals surface area contributed by atoms with Crippen LogP contribution in [0.4, 0.5) is 0 Å². The Hall–Kier alpha value is -0.440. The van der Waals surface area contributed by atoms with E-state index in [0.717, 1.165) is 12.2 Å². The predicted octanol–water partition coefficient (Wildman–Crippen LogP) is 4.52. The summed E-state index contributed by atoms with van der Waals surface area (Å²) < 4.78 is 5.23. The van der Waals surface area contributed by atoms with Crippen LogP contribution in [0.3, 0.4) is 0 Å². The Morgan fingerprint density at radius 1 is 1.36 bits per heavy atom. The van der Waals surface area contributed by atoms with Crippen molar-refractivity contribution in [2.45, 2.75) is 11.8 Å². The van der Waals surface area contributed by atoms with Gasteiger partial charge in [0.1, 0.15) is 5.76 Å². The first-order chi connectivity index (χ1) is 6.75. The van der Waals surface area contributed by atoms with Gasteiger partial charge < -0.3 is 4.42 Å². The molecule has 0 fully saturated rings. The summed E-state index contributed by atoms with van der Waals surface area (Å²) in [5, 5.41) is 4.36. The van der Waals surface area contributed by atoms with Crippen LogP contribution in [0.5, 0.6) is 0 Å². The molecule has 0 radical (unpaired) electrons. The van der Waals surface area contributed by atoms with E-state index >= 15 is 0 Å². The Morgan fingerprint density at radius 2 is 2.21 bits per heavy atom. The quantitative estimate of drug-likeness (QED) is 0.727. The van der Waals surface area contributed by atoms with E-state index in [-0.39, 0.29) is 5.38 Å². The molecule has 0 saturated carbocycles. The maximum atomic E-state index is 6.16. The fourth-order valence-corrected chi connectivity index (χ4v) is 2.34. The van der Waals surface area contributed by atoms with Gasteiger partial charge in [-0.1, -0.05) is 0 Å². The minimum atomic E-state index is -0.142. The lowest BCUT2D eigenvalue weighted by atomic mass is 10.1. The van der Waals surface area contributed by atoms with Crippen LogP contribution in [0.2, 0.25) is 5.22 Å². The normalized spacial score (nSPS) is 13.0. The first-order valence-corrected chi connectivity index (χ1v) is 5.92. The number of halogens is 2. The van der Waals surface area contributed by atoms with Gasteiger partial charge in [0, 0.05) is 0 Å². The minimum absolute atomic E-state index is 0.142. The summed E-state index contributed by atoms with van der Waals surface area (Å²) in [5.74, 6) is 0.725. The second-order valence-electron chi connectivity index (χ2n) is 2.95. The van der Waals surface area contributed by atoms with Crippen LogP contribution < -0.4 is 0 Å². The van der Waals surface area contributed by atoms with Crippen molar-refractivity contribution in [3.8, 4) is 0 Å². The lowest BCUT2D eigenvalue weighted by Gasteiger charge is -2.03. The third-order valence-electron chi connectivity index (χ3n) is 1.90. The van der Waals surface area contributed by atoms with Crippen LogP contribution in [0, 0.1) is 0 Å². The number of thiophene rings is 1. The molecule has 2 heterocycles. The third kappa shape index (κ3) is 2.32. The molecule has 1 nitrogen and oxygen atoms in total. The fraction of sp³-hybridized carbons (Fsp3) is 0.200. The van der Waals surface area contributed by atoms with Crippen molar-refractivity contribution >= 4 is 34.5 Å². The summed E-state index contributed by atoms with van der Waals surface area (Å²) in [6.07, 6.45) is 0.773. The van der Waals surface area contributed by atoms with Gasteiger partial charge in [0.05, 0.1) is 5.38 Å². The van der Waals surface area contributed by atoms with Gasteiger partial charge in [0.15, 0.2) is 5.22 Å². The molecule has 0 saturated heterocycles. The number of furan rings is 1. The van der Waals surface area contributed by atoms with E-state index in [2.05, 4.69) is 11.4 Å². The molecule has 0 aromatic carbocycles. The van der Waals surface area contributed by atoms with E-state index < -0.39 is 0 Å². The molecule has 0 aliphatic carbocycles. The molecule has 2 rings (SSSR count). The van der Waals surface area contributed by atoms with Gasteiger partial charge in [0.2, 0.25) is 0 Å². The molecule has 0 bridgehead atoms. The highest BCUT2D eigenvalue weighted by Gasteiger charge is 2.13. The van der Waals surface area contributed by atoms with Gasteiger partial charge in [0.25, 0.3) is 0 Å². The minimum Gasteiger partial charge on any atom is -0.448 e. The van der Waals surface area contributed by atoms with Crippen molar-refractivity contribution in [1.82, 2.24) is 0 Å². The van der Waals surface area contributed by atoms with E-state index in [4.69, 9.17) is 27.6 Å². The van der Waals surface area contributed by atoms with E-state index in [1.807, 2.05) is 11.4 Å². The van der Waals surface area contributed by atoms with Crippen molar-refractivity contribution in [3.05, 3.63) is 45.5 Å². The highest BCUT2D eigenvalue weighted by molar-refractivity contribution is 7.07. The summed E-state index contributed by atoms with van der Waals surface area (Å²) in [6, 6.07) is 5.58. The van der Waals surface area contributed by atoms with E-state index in [1.165, 1.54) is 5.56 Å². The SMILES string of the molecule is Clc1ccc(C(Cl)Cc2ccsc2)o1. The molecule has 1 atom stereocenters. The van der Waals surface area contributed by atoms with Crippen LogP contribution in [0.15, 0.2) is 33.4 Å². The average Bonchev–Trinajstić information content (AvgIpc) is 2.75. The van der Waals surface area contributed by atoms with Crippen molar-refractivity contribution in [2.24, 2.45) is 0 Å². The first kappa shape index (κ1) is 10.1. The second kappa shape index (κ2) is 4.39. The van der Waals surface area contributed by atoms with Crippen LogP contribution in [-0.2, 0) is 6.42 Å². The zero-order valence-corrected chi connectivity index (χ0v) is 9.57. The molecule has 1 unspecified atom stereocenters. The van der Waals surface area contributed by atoms with E-state index in [1.54, 1.807) is 17.4 Å². The highest BCUT2D eigenvalue weighted by Crippen LogP contribution is 2.28. The molecule has 0 N–H and O–H groups in total. The molecule has 0 spiro atoms. The van der Waals surface area contributed by atoms with Gasteiger partial charge >= 0.3 is 0 Å². The van der Waals surface area contributed by atoms with Crippen molar-refractivity contribution < 1.29 is 4.42 Å². The van der Waals surface area contributed by atoms with E-state index in [0.29, 0.717) is 5.22 Å². The van der Waals surface area contributed by atoms with E-state index in [9.17, 15) is 0 Å². The fourth-order valence-electron chi connectivity index (χ4n) is 1.21. The Balaban J connectivity index is 2.06. The van der Waals surface area contributed by atoms with Crippen LogP contribution >= 0.6 is 34.5 Å². The van der Waals surface area contributed by atoms with Gasteiger partial charge in [-0.05, 0) is 52.5 Å². The molecule has 74 valence electrons. The predicted molar refractivity (Wildman–Crippen MR) is 60.3 cm³/mol. The monoisotopic (exact) mass is 246 g/mol. The van der Waals surface area contributed by atoms with Crippen molar-refractivity contribution in [2.75, 3.05) is 0 Å². The Morgan fingerprint density at radius 3 is 2.79 bits per heavy atom. The maximum Gasteiger partial charge on any atom is 0.193 e. The topological polar surface area (TPSA) is 13.1 Å². The number of alkyl halides is 1. The first-order valence-electron chi connectivity index (χ1n) is 4.16. The van der Waals surface area contributed by atoms with Gasteiger partial charge in [-0.2, -0.15) is 11.3 Å². The molecule has 14 heavy (non-hydrogen) atoms. The lowest BCUT2D eigenvalue weighted by Crippen LogP contribution is -1.92. The third-order valence-corrected chi connectivity index (χ3v) is 3.20. The summed E-state index contributed by atoms with van der Waals surface area (Å²) in [7, 11) is 0. The molecule has 0 amide bonds. The molecular weight excluding hydrogens is 239 g/mol. The number of hydrogen-bond acceptors (Lipinski definition) is 2. The summed E-state index contributed by atoms with van der Waals surface area (Å²) >= 11 is 13.5. The van der Waals surface area contributed by atoms with Gasteiger partial charge in [-0.3, -0.25) is 0 Å². The largest absolute Gasteiger partial charge is 0.448 e. The molecule has 0 aliphatic heterocycles. The Kier molecular flexibility index (Phi) is 3.16. The number of hydrogen-bond donors (Lipinski definition) is 0. The average molecular weight is 247 g/mol. The van der Waals surface area contributed by atoms with Gasteiger partial charge in [-0.25, -0.2) is 0 Å². The van der Waals surface area contributed by atoms with Crippen LogP contribution in [-0.4, -0.2) is 0 Å². The summed E-state index contributed by atoms with van der Waals surface area (Å²) in [5.41, 5.74) is 1.22. The summed E-state index contributed by atoms with van der Waals surface area (Å²) in [6.45, 7) is 0. The molecule has 4 heteroatoms. The zero-order valence-electron chi connectivity index (χ0n) is 7.24. The zero-order chi connectivity index (χ0) is 9.97. The number of rotatable bonds is 3. The molecule has 0 aliphatic rings. The Labute approximate surface area is 96.3 Å². The summed E-state index contributed by atoms with van der Waals surface area (Å²) in [4.78, 5) is 0. The second-order valence-corrected chi connectivity index (χ2v) is 4.62. The van der Waals surface area contributed by atoms with Gasteiger partial charge in [-0.15, -0.1) is 11.6 Å². The molecular formula is C10H8Cl2OS.